The lowest BCUT2D eigenvalue weighted by Crippen LogP contribution is -2.44. The van der Waals surface area contributed by atoms with Crippen LogP contribution in [0.15, 0.2) is 0 Å². The van der Waals surface area contributed by atoms with Gasteiger partial charge >= 0.3 is 5.97 Å². The third-order valence-corrected chi connectivity index (χ3v) is 3.71. The number of rotatable bonds is 9. The largest absolute Gasteiger partial charge is 0.480 e. The van der Waals surface area contributed by atoms with Crippen LogP contribution in [0.2, 0.25) is 0 Å². The molecule has 0 heterocycles. The molecule has 5 nitrogen and oxygen atoms in total. The summed E-state index contributed by atoms with van der Waals surface area (Å²) in [6, 6.07) is -0.526. The number of amides is 1. The Morgan fingerprint density at radius 2 is 1.89 bits per heavy atom. The van der Waals surface area contributed by atoms with Crippen molar-refractivity contribution in [2.75, 3.05) is 19.6 Å². The highest BCUT2D eigenvalue weighted by atomic mass is 16.4. The Hall–Kier alpha value is -1.10. The van der Waals surface area contributed by atoms with Crippen LogP contribution in [0.5, 0.6) is 0 Å². The van der Waals surface area contributed by atoms with Gasteiger partial charge in [0.25, 0.3) is 0 Å². The molecule has 112 valence electrons. The van der Waals surface area contributed by atoms with Crippen molar-refractivity contribution < 1.29 is 14.7 Å². The second-order valence-corrected chi connectivity index (χ2v) is 5.80. The summed E-state index contributed by atoms with van der Waals surface area (Å²) in [5.74, 6) is -0.908. The number of hydrogen-bond donors (Lipinski definition) is 2. The Balaban J connectivity index is 4.42. The van der Waals surface area contributed by atoms with Crippen molar-refractivity contribution in [3.05, 3.63) is 0 Å². The normalized spacial score (nSPS) is 13.4. The zero-order valence-electron chi connectivity index (χ0n) is 12.8. The Kier molecular flexibility index (Phi) is 7.68. The topological polar surface area (TPSA) is 69.6 Å². The predicted molar refractivity (Wildman–Crippen MR) is 76.0 cm³/mol. The van der Waals surface area contributed by atoms with Crippen LogP contribution in [0.25, 0.3) is 0 Å². The molecule has 0 saturated heterocycles. The van der Waals surface area contributed by atoms with E-state index in [1.165, 1.54) is 6.92 Å². The molecule has 0 spiro atoms. The van der Waals surface area contributed by atoms with E-state index in [2.05, 4.69) is 26.1 Å². The molecule has 19 heavy (non-hydrogen) atoms. The highest BCUT2D eigenvalue weighted by molar-refractivity contribution is 5.73. The monoisotopic (exact) mass is 272 g/mol. The maximum absolute atomic E-state index is 11.1. The van der Waals surface area contributed by atoms with E-state index in [4.69, 9.17) is 5.11 Å². The number of carbonyl (C=O) groups excluding carboxylic acids is 1. The molecule has 0 aromatic heterocycles. The quantitative estimate of drug-likeness (QED) is 0.670. The van der Waals surface area contributed by atoms with E-state index >= 15 is 0 Å². The molecule has 0 saturated carbocycles. The molecule has 0 aromatic rings. The second-order valence-electron chi connectivity index (χ2n) is 5.80. The van der Waals surface area contributed by atoms with Gasteiger partial charge in [0.1, 0.15) is 6.04 Å². The summed E-state index contributed by atoms with van der Waals surface area (Å²) in [4.78, 5) is 23.9. The van der Waals surface area contributed by atoms with E-state index in [1.807, 2.05) is 4.90 Å². The maximum Gasteiger partial charge on any atom is 0.320 e. The highest BCUT2D eigenvalue weighted by Crippen LogP contribution is 2.24. The van der Waals surface area contributed by atoms with Gasteiger partial charge in [0.2, 0.25) is 5.91 Å². The first-order valence-electron chi connectivity index (χ1n) is 6.91. The van der Waals surface area contributed by atoms with Crippen LogP contribution in [0.4, 0.5) is 0 Å². The first kappa shape index (κ1) is 17.9. The van der Waals surface area contributed by atoms with Crippen LogP contribution in [-0.4, -0.2) is 47.6 Å². The fraction of sp³-hybridized carbons (Fsp3) is 0.857. The van der Waals surface area contributed by atoms with Gasteiger partial charge in [-0.3, -0.25) is 14.5 Å². The minimum atomic E-state index is -0.822. The Morgan fingerprint density at radius 3 is 2.32 bits per heavy atom. The molecule has 2 N–H and O–H groups in total. The summed E-state index contributed by atoms with van der Waals surface area (Å²) < 4.78 is 0. The molecule has 0 aliphatic rings. The first-order chi connectivity index (χ1) is 8.69. The van der Waals surface area contributed by atoms with Crippen molar-refractivity contribution >= 4 is 11.9 Å². The van der Waals surface area contributed by atoms with E-state index in [0.717, 1.165) is 19.4 Å². The number of carbonyl (C=O) groups is 2. The molecule has 5 heteroatoms. The van der Waals surface area contributed by atoms with Crippen LogP contribution < -0.4 is 5.32 Å². The molecule has 0 aliphatic carbocycles. The Bertz CT molecular complexity index is 303. The van der Waals surface area contributed by atoms with Crippen molar-refractivity contribution in [1.82, 2.24) is 10.2 Å². The molecule has 0 rings (SSSR count). The lowest BCUT2D eigenvalue weighted by atomic mass is 9.86. The molecule has 1 unspecified atom stereocenters. The average molecular weight is 272 g/mol. The highest BCUT2D eigenvalue weighted by Gasteiger charge is 2.23. The number of carboxylic acid groups (broad SMARTS) is 1. The van der Waals surface area contributed by atoms with Crippen molar-refractivity contribution in [1.29, 1.82) is 0 Å². The van der Waals surface area contributed by atoms with Crippen molar-refractivity contribution in [3.8, 4) is 0 Å². The third-order valence-electron chi connectivity index (χ3n) is 3.71. The number of nitrogens with one attached hydrogen (secondary N) is 1. The van der Waals surface area contributed by atoms with Gasteiger partial charge in [-0.2, -0.15) is 0 Å². The molecule has 0 aromatic carbocycles. The maximum atomic E-state index is 11.1. The number of aliphatic carboxylic acids is 1. The molecule has 0 fully saturated rings. The molecule has 1 atom stereocenters. The Labute approximate surface area is 116 Å². The summed E-state index contributed by atoms with van der Waals surface area (Å²) in [6.07, 6.45) is 2.01. The SMILES string of the molecule is CCC(C)(C)CCN(CCNC(C)=O)C(C)C(=O)O. The van der Waals surface area contributed by atoms with Crippen molar-refractivity contribution in [2.24, 2.45) is 5.41 Å². The minimum absolute atomic E-state index is 0.0863. The molecule has 1 amide bonds. The van der Waals surface area contributed by atoms with Crippen LogP contribution in [0.3, 0.4) is 0 Å². The van der Waals surface area contributed by atoms with Gasteiger partial charge in [-0.25, -0.2) is 0 Å². The zero-order valence-corrected chi connectivity index (χ0v) is 12.8. The molecule has 0 bridgehead atoms. The molecule has 0 radical (unpaired) electrons. The average Bonchev–Trinajstić information content (AvgIpc) is 2.32. The third kappa shape index (κ3) is 7.82. The van der Waals surface area contributed by atoms with E-state index in [9.17, 15) is 9.59 Å². The van der Waals surface area contributed by atoms with Gasteiger partial charge in [0, 0.05) is 20.0 Å². The summed E-state index contributed by atoms with van der Waals surface area (Å²) >= 11 is 0. The molecular formula is C14H28N2O3. The van der Waals surface area contributed by atoms with Gasteiger partial charge in [0.05, 0.1) is 0 Å². The number of hydrogen-bond acceptors (Lipinski definition) is 3. The van der Waals surface area contributed by atoms with Gasteiger partial charge in [0.15, 0.2) is 0 Å². The van der Waals surface area contributed by atoms with E-state index in [-0.39, 0.29) is 11.3 Å². The van der Waals surface area contributed by atoms with E-state index in [1.54, 1.807) is 6.92 Å². The number of nitrogens with zero attached hydrogens (tertiary/aromatic N) is 1. The van der Waals surface area contributed by atoms with Crippen LogP contribution >= 0.6 is 0 Å². The zero-order chi connectivity index (χ0) is 15.1. The Morgan fingerprint density at radius 1 is 1.32 bits per heavy atom. The molecule has 0 aliphatic heterocycles. The molecular weight excluding hydrogens is 244 g/mol. The summed E-state index contributed by atoms with van der Waals surface area (Å²) in [5.41, 5.74) is 0.213. The van der Waals surface area contributed by atoms with Gasteiger partial charge in [-0.15, -0.1) is 0 Å². The second kappa shape index (κ2) is 8.15. The minimum Gasteiger partial charge on any atom is -0.480 e. The van der Waals surface area contributed by atoms with Gasteiger partial charge in [-0.1, -0.05) is 27.2 Å². The van der Waals surface area contributed by atoms with Crippen LogP contribution in [0.1, 0.15) is 47.5 Å². The summed E-state index contributed by atoms with van der Waals surface area (Å²) in [6.45, 7) is 11.4. The van der Waals surface area contributed by atoms with Crippen LogP contribution in [0, 0.1) is 5.41 Å². The van der Waals surface area contributed by atoms with E-state index in [0.29, 0.717) is 13.1 Å². The number of carboxylic acids is 1. The lowest BCUT2D eigenvalue weighted by Gasteiger charge is -2.31. The van der Waals surface area contributed by atoms with Gasteiger partial charge in [-0.05, 0) is 25.3 Å². The first-order valence-corrected chi connectivity index (χ1v) is 6.91. The standard InChI is InChI=1S/C14H28N2O3/c1-6-14(4,5)7-9-16(11(2)13(18)19)10-8-15-12(3)17/h11H,6-10H2,1-5H3,(H,15,17)(H,18,19). The lowest BCUT2D eigenvalue weighted by molar-refractivity contribution is -0.142. The smallest absolute Gasteiger partial charge is 0.320 e. The summed E-state index contributed by atoms with van der Waals surface area (Å²) in [7, 11) is 0. The fourth-order valence-electron chi connectivity index (χ4n) is 1.65. The van der Waals surface area contributed by atoms with Gasteiger partial charge < -0.3 is 10.4 Å². The van der Waals surface area contributed by atoms with E-state index < -0.39 is 12.0 Å². The van der Waals surface area contributed by atoms with Crippen LogP contribution in [-0.2, 0) is 9.59 Å². The fourth-order valence-corrected chi connectivity index (χ4v) is 1.65. The predicted octanol–water partition coefficient (Wildman–Crippen LogP) is 1.72. The summed E-state index contributed by atoms with van der Waals surface area (Å²) in [5, 5.41) is 11.8. The van der Waals surface area contributed by atoms with Crippen molar-refractivity contribution in [2.45, 2.75) is 53.5 Å². The van der Waals surface area contributed by atoms with Crippen molar-refractivity contribution in [3.63, 3.8) is 0 Å².